The fraction of sp³-hybridized carbons (Fsp3) is 0.280. The van der Waals surface area contributed by atoms with Crippen molar-refractivity contribution in [1.82, 2.24) is 14.9 Å². The predicted octanol–water partition coefficient (Wildman–Crippen LogP) is 2.83. The highest BCUT2D eigenvalue weighted by molar-refractivity contribution is 7.91. The van der Waals surface area contributed by atoms with Crippen molar-refractivity contribution in [2.24, 2.45) is 5.73 Å². The van der Waals surface area contributed by atoms with Crippen LogP contribution in [0, 0.1) is 0 Å². The van der Waals surface area contributed by atoms with Crippen molar-refractivity contribution < 1.29 is 18.0 Å². The molecule has 0 spiro atoms. The zero-order valence-corrected chi connectivity index (χ0v) is 20.5. The average molecular weight is 509 g/mol. The van der Waals surface area contributed by atoms with Crippen LogP contribution in [-0.4, -0.2) is 60.5 Å². The second kappa shape index (κ2) is 11.3. The fourth-order valence-corrected chi connectivity index (χ4v) is 5.25. The lowest BCUT2D eigenvalue weighted by Gasteiger charge is -2.14. The summed E-state index contributed by atoms with van der Waals surface area (Å²) in [4.78, 5) is 34.7. The lowest BCUT2D eigenvalue weighted by atomic mass is 10.1. The molecule has 1 aliphatic rings. The maximum Gasteiger partial charge on any atom is 0.255 e. The number of nitrogens with one attached hydrogen (secondary N) is 2. The molecular formula is C25H28N6O4S. The first-order valence-electron chi connectivity index (χ1n) is 11.7. The van der Waals surface area contributed by atoms with Crippen molar-refractivity contribution in [3.63, 3.8) is 0 Å². The van der Waals surface area contributed by atoms with E-state index >= 15 is 0 Å². The summed E-state index contributed by atoms with van der Waals surface area (Å²) < 4.78 is 25.3. The van der Waals surface area contributed by atoms with E-state index in [-0.39, 0.29) is 27.7 Å². The molecule has 3 aromatic rings. The Balaban J connectivity index is 1.31. The maximum atomic E-state index is 12.6. The number of carbonyl (C=O) groups excluding carboxylic acids is 2. The lowest BCUT2D eigenvalue weighted by molar-refractivity contribution is 0.1000. The Morgan fingerprint density at radius 2 is 1.61 bits per heavy atom. The fourth-order valence-electron chi connectivity index (χ4n) is 3.95. The summed E-state index contributed by atoms with van der Waals surface area (Å²) in [5.41, 5.74) is 6.77. The van der Waals surface area contributed by atoms with Gasteiger partial charge >= 0.3 is 0 Å². The minimum Gasteiger partial charge on any atom is -0.366 e. The van der Waals surface area contributed by atoms with E-state index in [0.717, 1.165) is 19.6 Å². The standard InChI is InChI=1S/C25H28N6O4S/c26-23(32)18-5-3-6-19(15-18)24(33)29-21-16-27-25(28-17-21)30-20-7-9-22(10-8-20)36(34,35)14-4-13-31-11-1-2-12-31/h3,5-10,15-17H,1-2,4,11-14H2,(H2,26,32)(H,29,33)(H,27,28,30). The molecule has 1 fully saturated rings. The second-order valence-corrected chi connectivity index (χ2v) is 10.7. The van der Waals surface area contributed by atoms with Gasteiger partial charge in [0.05, 0.1) is 28.7 Å². The molecule has 1 saturated heterocycles. The number of hydrogen-bond donors (Lipinski definition) is 3. The SMILES string of the molecule is NC(=O)c1cccc(C(=O)Nc2cnc(Nc3ccc(S(=O)(=O)CCCN4CCCC4)cc3)nc2)c1. The quantitative estimate of drug-likeness (QED) is 0.379. The van der Waals surface area contributed by atoms with Gasteiger partial charge in [-0.05, 0) is 81.4 Å². The Bertz CT molecular complexity index is 1320. The molecule has 0 radical (unpaired) electrons. The van der Waals surface area contributed by atoms with Gasteiger partial charge in [0.15, 0.2) is 9.84 Å². The highest BCUT2D eigenvalue weighted by atomic mass is 32.2. The summed E-state index contributed by atoms with van der Waals surface area (Å²) in [7, 11) is -3.34. The first-order chi connectivity index (χ1) is 17.3. The van der Waals surface area contributed by atoms with E-state index in [1.807, 2.05) is 0 Å². The summed E-state index contributed by atoms with van der Waals surface area (Å²) in [6.07, 6.45) is 5.87. The van der Waals surface area contributed by atoms with Crippen molar-refractivity contribution >= 4 is 39.0 Å². The number of amides is 2. The second-order valence-electron chi connectivity index (χ2n) is 8.57. The monoisotopic (exact) mass is 508 g/mol. The van der Waals surface area contributed by atoms with Crippen LogP contribution in [0.2, 0.25) is 0 Å². The number of rotatable bonds is 10. The van der Waals surface area contributed by atoms with Gasteiger partial charge in [-0.3, -0.25) is 9.59 Å². The topological polar surface area (TPSA) is 147 Å². The van der Waals surface area contributed by atoms with Crippen LogP contribution in [0.1, 0.15) is 40.0 Å². The molecule has 0 unspecified atom stereocenters. The van der Waals surface area contributed by atoms with Crippen LogP contribution in [0.25, 0.3) is 0 Å². The van der Waals surface area contributed by atoms with E-state index < -0.39 is 21.7 Å². The zero-order chi connectivity index (χ0) is 25.5. The minimum absolute atomic E-state index is 0.124. The number of sulfone groups is 1. The predicted molar refractivity (Wildman–Crippen MR) is 137 cm³/mol. The number of nitrogens with two attached hydrogens (primary N) is 1. The Morgan fingerprint density at radius 1 is 0.944 bits per heavy atom. The summed E-state index contributed by atoms with van der Waals surface area (Å²) >= 11 is 0. The zero-order valence-electron chi connectivity index (χ0n) is 19.7. The number of hydrogen-bond acceptors (Lipinski definition) is 8. The van der Waals surface area contributed by atoms with Gasteiger partial charge in [-0.1, -0.05) is 6.07 Å². The normalized spacial score (nSPS) is 13.9. The first kappa shape index (κ1) is 25.3. The molecule has 11 heteroatoms. The molecule has 0 saturated carbocycles. The molecule has 2 heterocycles. The number of carbonyl (C=O) groups is 2. The van der Waals surface area contributed by atoms with Gasteiger partial charge in [-0.2, -0.15) is 0 Å². The average Bonchev–Trinajstić information content (AvgIpc) is 3.39. The van der Waals surface area contributed by atoms with Gasteiger partial charge in [0.2, 0.25) is 11.9 Å². The van der Waals surface area contributed by atoms with Gasteiger partial charge in [0.25, 0.3) is 5.91 Å². The van der Waals surface area contributed by atoms with Gasteiger partial charge in [0, 0.05) is 16.8 Å². The third kappa shape index (κ3) is 6.64. The number of primary amides is 1. The van der Waals surface area contributed by atoms with E-state index in [1.165, 1.54) is 37.4 Å². The molecule has 0 aliphatic carbocycles. The third-order valence-corrected chi connectivity index (χ3v) is 7.69. The van der Waals surface area contributed by atoms with Crippen LogP contribution in [0.5, 0.6) is 0 Å². The van der Waals surface area contributed by atoms with Gasteiger partial charge in [-0.15, -0.1) is 0 Å². The molecule has 10 nitrogen and oxygen atoms in total. The summed E-state index contributed by atoms with van der Waals surface area (Å²) in [5.74, 6) is -0.643. The number of benzene rings is 2. The van der Waals surface area contributed by atoms with E-state index in [0.29, 0.717) is 17.8 Å². The van der Waals surface area contributed by atoms with Gasteiger partial charge in [-0.25, -0.2) is 18.4 Å². The van der Waals surface area contributed by atoms with Crippen molar-refractivity contribution in [3.8, 4) is 0 Å². The molecule has 0 atom stereocenters. The Hall–Kier alpha value is -3.83. The summed E-state index contributed by atoms with van der Waals surface area (Å²) in [5, 5.41) is 5.67. The van der Waals surface area contributed by atoms with Gasteiger partial charge < -0.3 is 21.3 Å². The molecule has 4 N–H and O–H groups in total. The maximum absolute atomic E-state index is 12.6. The molecule has 2 amide bonds. The molecule has 1 aromatic heterocycles. The summed E-state index contributed by atoms with van der Waals surface area (Å²) in [6.45, 7) is 2.92. The largest absolute Gasteiger partial charge is 0.366 e. The van der Waals surface area contributed by atoms with E-state index in [4.69, 9.17) is 5.73 Å². The van der Waals surface area contributed by atoms with Crippen LogP contribution in [0.4, 0.5) is 17.3 Å². The van der Waals surface area contributed by atoms with Crippen molar-refractivity contribution in [2.45, 2.75) is 24.2 Å². The molecule has 0 bridgehead atoms. The van der Waals surface area contributed by atoms with Gasteiger partial charge in [0.1, 0.15) is 0 Å². The highest BCUT2D eigenvalue weighted by Crippen LogP contribution is 2.19. The smallest absolute Gasteiger partial charge is 0.255 e. The number of likely N-dealkylation sites (tertiary alicyclic amines) is 1. The molecular weight excluding hydrogens is 480 g/mol. The lowest BCUT2D eigenvalue weighted by Crippen LogP contribution is -2.22. The van der Waals surface area contributed by atoms with Crippen LogP contribution in [-0.2, 0) is 9.84 Å². The van der Waals surface area contributed by atoms with Crippen LogP contribution >= 0.6 is 0 Å². The number of aromatic nitrogens is 2. The minimum atomic E-state index is -3.34. The van der Waals surface area contributed by atoms with Crippen LogP contribution < -0.4 is 16.4 Å². The molecule has 2 aromatic carbocycles. The van der Waals surface area contributed by atoms with Crippen molar-refractivity contribution in [2.75, 3.05) is 36.0 Å². The highest BCUT2D eigenvalue weighted by Gasteiger charge is 2.17. The Labute approximate surface area is 209 Å². The molecule has 4 rings (SSSR count). The number of anilines is 3. The molecule has 36 heavy (non-hydrogen) atoms. The van der Waals surface area contributed by atoms with Crippen LogP contribution in [0.3, 0.4) is 0 Å². The Kier molecular flexibility index (Phi) is 7.91. The van der Waals surface area contributed by atoms with Crippen molar-refractivity contribution in [1.29, 1.82) is 0 Å². The Morgan fingerprint density at radius 3 is 2.28 bits per heavy atom. The third-order valence-electron chi connectivity index (χ3n) is 5.87. The van der Waals surface area contributed by atoms with Crippen molar-refractivity contribution in [3.05, 3.63) is 72.1 Å². The van der Waals surface area contributed by atoms with Crippen LogP contribution in [0.15, 0.2) is 65.8 Å². The first-order valence-corrected chi connectivity index (χ1v) is 13.3. The summed E-state index contributed by atoms with van der Waals surface area (Å²) in [6, 6.07) is 12.5. The van der Waals surface area contributed by atoms with E-state index in [9.17, 15) is 18.0 Å². The van der Waals surface area contributed by atoms with E-state index in [2.05, 4.69) is 25.5 Å². The van der Waals surface area contributed by atoms with E-state index in [1.54, 1.807) is 36.4 Å². The molecule has 188 valence electrons. The number of nitrogens with zero attached hydrogens (tertiary/aromatic N) is 3. The molecule has 1 aliphatic heterocycles.